The number of nitrogens with zero attached hydrogens (tertiary/aromatic N) is 1. The first-order valence-electron chi connectivity index (χ1n) is 4.80. The van der Waals surface area contributed by atoms with Crippen LogP contribution >= 0.6 is 0 Å². The highest BCUT2D eigenvalue weighted by molar-refractivity contribution is 5.26. The van der Waals surface area contributed by atoms with E-state index in [4.69, 9.17) is 5.11 Å². The van der Waals surface area contributed by atoms with Crippen molar-refractivity contribution in [3.63, 3.8) is 0 Å². The fourth-order valence-electron chi connectivity index (χ4n) is 1.46. The van der Waals surface area contributed by atoms with Gasteiger partial charge < -0.3 is 10.0 Å². The molecule has 0 amide bonds. The van der Waals surface area contributed by atoms with E-state index in [-0.39, 0.29) is 12.6 Å². The Hall–Kier alpha value is -1.07. The highest BCUT2D eigenvalue weighted by atomic mass is 19.4. The van der Waals surface area contributed by atoms with Crippen LogP contribution < -0.4 is 0 Å². The number of likely N-dealkylation sites (N-methyl/N-ethyl adjacent to an activating group) is 1. The molecule has 0 heterocycles. The second-order valence-corrected chi connectivity index (χ2v) is 3.78. The maximum atomic E-state index is 12.3. The molecule has 0 unspecified atom stereocenters. The third-order valence-electron chi connectivity index (χ3n) is 2.42. The van der Waals surface area contributed by atoms with Crippen LogP contribution in [0.5, 0.6) is 0 Å². The highest BCUT2D eigenvalue weighted by Crippen LogP contribution is 2.30. The Balaban J connectivity index is 2.94. The van der Waals surface area contributed by atoms with Crippen LogP contribution in [0.1, 0.15) is 17.2 Å². The molecule has 1 rings (SSSR count). The third-order valence-corrected chi connectivity index (χ3v) is 2.42. The van der Waals surface area contributed by atoms with Crippen molar-refractivity contribution < 1.29 is 18.3 Å². The zero-order chi connectivity index (χ0) is 12.3. The van der Waals surface area contributed by atoms with E-state index in [0.717, 1.165) is 12.1 Å². The summed E-state index contributed by atoms with van der Waals surface area (Å²) < 4.78 is 36.9. The first-order chi connectivity index (χ1) is 7.36. The predicted octanol–water partition coefficient (Wildman–Crippen LogP) is 2.30. The second kappa shape index (κ2) is 4.84. The van der Waals surface area contributed by atoms with Gasteiger partial charge in [-0.05, 0) is 31.8 Å². The third kappa shape index (κ3) is 2.96. The van der Waals surface area contributed by atoms with Crippen molar-refractivity contribution in [2.45, 2.75) is 12.2 Å². The first-order valence-corrected chi connectivity index (χ1v) is 4.80. The number of benzene rings is 1. The molecule has 0 aromatic heterocycles. The summed E-state index contributed by atoms with van der Waals surface area (Å²) >= 11 is 0. The lowest BCUT2D eigenvalue weighted by atomic mass is 10.0. The molecule has 0 aliphatic rings. The molecule has 0 saturated carbocycles. The second-order valence-electron chi connectivity index (χ2n) is 3.78. The Morgan fingerprint density at radius 1 is 1.19 bits per heavy atom. The van der Waals surface area contributed by atoms with E-state index in [0.29, 0.717) is 5.56 Å². The lowest BCUT2D eigenvalue weighted by Gasteiger charge is -2.22. The van der Waals surface area contributed by atoms with Gasteiger partial charge in [0.15, 0.2) is 0 Å². The summed E-state index contributed by atoms with van der Waals surface area (Å²) in [6.07, 6.45) is -4.31. The Morgan fingerprint density at radius 3 is 2.00 bits per heavy atom. The van der Waals surface area contributed by atoms with E-state index in [1.165, 1.54) is 12.1 Å². The molecule has 5 heteroatoms. The predicted molar refractivity (Wildman–Crippen MR) is 55.0 cm³/mol. The molecule has 1 aromatic carbocycles. The van der Waals surface area contributed by atoms with Crippen molar-refractivity contribution in [3.8, 4) is 0 Å². The van der Waals surface area contributed by atoms with Gasteiger partial charge in [-0.2, -0.15) is 13.2 Å². The molecule has 0 saturated heterocycles. The van der Waals surface area contributed by atoms with Gasteiger partial charge in [-0.15, -0.1) is 0 Å². The van der Waals surface area contributed by atoms with Gasteiger partial charge >= 0.3 is 6.18 Å². The Labute approximate surface area is 92.3 Å². The summed E-state index contributed by atoms with van der Waals surface area (Å²) in [7, 11) is 3.52. The largest absolute Gasteiger partial charge is 0.416 e. The molecule has 0 spiro atoms. The van der Waals surface area contributed by atoms with Crippen LogP contribution in [0.15, 0.2) is 24.3 Å². The van der Waals surface area contributed by atoms with Crippen molar-refractivity contribution in [1.82, 2.24) is 4.90 Å². The van der Waals surface area contributed by atoms with Gasteiger partial charge in [-0.25, -0.2) is 0 Å². The summed E-state index contributed by atoms with van der Waals surface area (Å²) in [6, 6.07) is 4.57. The maximum Gasteiger partial charge on any atom is 0.416 e. The SMILES string of the molecule is CN(C)[C@@H](CO)c1ccc(C(F)(F)F)cc1. The molecular weight excluding hydrogens is 219 g/mol. The highest BCUT2D eigenvalue weighted by Gasteiger charge is 2.30. The molecule has 0 aliphatic heterocycles. The number of alkyl halides is 3. The van der Waals surface area contributed by atoms with Crippen LogP contribution in [0.4, 0.5) is 13.2 Å². The van der Waals surface area contributed by atoms with Crippen LogP contribution in [-0.2, 0) is 6.18 Å². The molecule has 1 atom stereocenters. The average molecular weight is 233 g/mol. The van der Waals surface area contributed by atoms with Crippen molar-refractivity contribution >= 4 is 0 Å². The molecule has 0 bridgehead atoms. The molecule has 16 heavy (non-hydrogen) atoms. The van der Waals surface area contributed by atoms with E-state index < -0.39 is 11.7 Å². The van der Waals surface area contributed by atoms with E-state index in [1.807, 2.05) is 0 Å². The fraction of sp³-hybridized carbons (Fsp3) is 0.455. The number of aliphatic hydroxyl groups excluding tert-OH is 1. The molecule has 90 valence electrons. The van der Waals surface area contributed by atoms with Crippen molar-refractivity contribution in [1.29, 1.82) is 0 Å². The summed E-state index contributed by atoms with van der Waals surface area (Å²) in [4.78, 5) is 1.75. The molecule has 1 aromatic rings. The molecule has 0 fully saturated rings. The topological polar surface area (TPSA) is 23.5 Å². The van der Waals surface area contributed by atoms with Crippen LogP contribution in [-0.4, -0.2) is 30.7 Å². The molecular formula is C11H14F3NO. The van der Waals surface area contributed by atoms with Gasteiger partial charge in [0.2, 0.25) is 0 Å². The average Bonchev–Trinajstić information content (AvgIpc) is 2.17. The normalized spacial score (nSPS) is 14.2. The lowest BCUT2D eigenvalue weighted by molar-refractivity contribution is -0.137. The number of halogens is 3. The Bertz CT molecular complexity index is 332. The zero-order valence-corrected chi connectivity index (χ0v) is 9.12. The first kappa shape index (κ1) is 13.0. The smallest absolute Gasteiger partial charge is 0.394 e. The minimum Gasteiger partial charge on any atom is -0.394 e. The van der Waals surface area contributed by atoms with E-state index in [9.17, 15) is 13.2 Å². The van der Waals surface area contributed by atoms with E-state index >= 15 is 0 Å². The lowest BCUT2D eigenvalue weighted by Crippen LogP contribution is -2.23. The minimum atomic E-state index is -4.31. The fourth-order valence-corrected chi connectivity index (χ4v) is 1.46. The summed E-state index contributed by atoms with van der Waals surface area (Å²) in [6.45, 7) is -0.127. The van der Waals surface area contributed by atoms with Crippen molar-refractivity contribution in [2.75, 3.05) is 20.7 Å². The Morgan fingerprint density at radius 2 is 1.69 bits per heavy atom. The van der Waals surface area contributed by atoms with Crippen LogP contribution in [0.25, 0.3) is 0 Å². The number of hydrogen-bond acceptors (Lipinski definition) is 2. The molecule has 2 nitrogen and oxygen atoms in total. The standard InChI is InChI=1S/C11H14F3NO/c1-15(2)10(7-16)8-3-5-9(6-4-8)11(12,13)14/h3-6,10,16H,7H2,1-2H3/t10-/m0/s1. The minimum absolute atomic E-state index is 0.127. The Kier molecular flexibility index (Phi) is 3.93. The monoisotopic (exact) mass is 233 g/mol. The summed E-state index contributed by atoms with van der Waals surface area (Å²) in [5.41, 5.74) is -0.00723. The number of rotatable bonds is 3. The van der Waals surface area contributed by atoms with Crippen LogP contribution in [0.3, 0.4) is 0 Å². The maximum absolute atomic E-state index is 12.3. The van der Waals surface area contributed by atoms with Gasteiger partial charge in [-0.3, -0.25) is 0 Å². The van der Waals surface area contributed by atoms with E-state index in [1.54, 1.807) is 19.0 Å². The van der Waals surface area contributed by atoms with Crippen molar-refractivity contribution in [3.05, 3.63) is 35.4 Å². The van der Waals surface area contributed by atoms with Gasteiger partial charge in [0.1, 0.15) is 0 Å². The quantitative estimate of drug-likeness (QED) is 0.865. The molecule has 0 aliphatic carbocycles. The number of hydrogen-bond donors (Lipinski definition) is 1. The number of aliphatic hydroxyl groups is 1. The van der Waals surface area contributed by atoms with Gasteiger partial charge in [0.05, 0.1) is 18.2 Å². The van der Waals surface area contributed by atoms with Gasteiger partial charge in [0, 0.05) is 0 Å². The van der Waals surface area contributed by atoms with Crippen LogP contribution in [0.2, 0.25) is 0 Å². The zero-order valence-electron chi connectivity index (χ0n) is 9.12. The van der Waals surface area contributed by atoms with Gasteiger partial charge in [-0.1, -0.05) is 12.1 Å². The molecule has 1 N–H and O–H groups in total. The van der Waals surface area contributed by atoms with E-state index in [2.05, 4.69) is 0 Å². The summed E-state index contributed by atoms with van der Waals surface area (Å²) in [5.74, 6) is 0. The summed E-state index contributed by atoms with van der Waals surface area (Å²) in [5, 5.41) is 9.12. The van der Waals surface area contributed by atoms with Gasteiger partial charge in [0.25, 0.3) is 0 Å². The van der Waals surface area contributed by atoms with Crippen molar-refractivity contribution in [2.24, 2.45) is 0 Å². The molecule has 0 radical (unpaired) electrons. The van der Waals surface area contributed by atoms with Crippen LogP contribution in [0, 0.1) is 0 Å².